The van der Waals surface area contributed by atoms with Crippen LogP contribution in [0.1, 0.15) is 51.6 Å². The van der Waals surface area contributed by atoms with Crippen molar-refractivity contribution in [2.45, 2.75) is 57.3 Å². The topological polar surface area (TPSA) is 64.3 Å². The van der Waals surface area contributed by atoms with E-state index in [4.69, 9.17) is 9.72 Å². The third-order valence-electron chi connectivity index (χ3n) is 5.18. The number of nitrogens with zero attached hydrogens (tertiary/aromatic N) is 2. The smallest absolute Gasteiger partial charge is 0.262 e. The van der Waals surface area contributed by atoms with Gasteiger partial charge in [0, 0.05) is 11.8 Å². The van der Waals surface area contributed by atoms with Crippen molar-refractivity contribution in [3.63, 3.8) is 0 Å². The summed E-state index contributed by atoms with van der Waals surface area (Å²) in [6, 6.07) is 15.3. The van der Waals surface area contributed by atoms with Gasteiger partial charge >= 0.3 is 0 Å². The van der Waals surface area contributed by atoms with Gasteiger partial charge in [0.1, 0.15) is 12.4 Å². The predicted molar refractivity (Wildman–Crippen MR) is 124 cm³/mol. The number of aromatic nitrogens is 2. The molecule has 0 aliphatic carbocycles. The summed E-state index contributed by atoms with van der Waals surface area (Å²) in [5.41, 5.74) is 1.77. The maximum absolute atomic E-state index is 13.0. The van der Waals surface area contributed by atoms with Gasteiger partial charge in [-0.3, -0.25) is 9.36 Å². The van der Waals surface area contributed by atoms with Gasteiger partial charge in [0.05, 0.1) is 17.0 Å². The first-order valence-corrected chi connectivity index (χ1v) is 11.4. The first-order chi connectivity index (χ1) is 14.4. The Hall–Kier alpha value is -2.31. The molecule has 1 aromatic heterocycles. The summed E-state index contributed by atoms with van der Waals surface area (Å²) in [6.07, 6.45) is 0.148. The Morgan fingerprint density at radius 3 is 2.53 bits per heavy atom. The summed E-state index contributed by atoms with van der Waals surface area (Å²) < 4.78 is 7.63. The van der Waals surface area contributed by atoms with Gasteiger partial charge in [-0.25, -0.2) is 4.98 Å². The average Bonchev–Trinajstić information content (AvgIpc) is 2.76. The molecular weight excluding hydrogens is 396 g/mol. The molecule has 160 valence electrons. The fourth-order valence-electron chi connectivity index (χ4n) is 3.29. The van der Waals surface area contributed by atoms with E-state index in [-0.39, 0.29) is 18.2 Å². The molecule has 0 bridgehead atoms. The molecule has 0 aliphatic heterocycles. The zero-order valence-electron chi connectivity index (χ0n) is 18.0. The molecule has 3 rings (SSSR count). The van der Waals surface area contributed by atoms with Gasteiger partial charge < -0.3 is 9.84 Å². The van der Waals surface area contributed by atoms with Crippen molar-refractivity contribution < 1.29 is 9.84 Å². The second-order valence-electron chi connectivity index (χ2n) is 7.81. The molecule has 0 amide bonds. The number of rotatable bonds is 9. The molecule has 0 radical (unpaired) electrons. The van der Waals surface area contributed by atoms with Gasteiger partial charge in [-0.05, 0) is 43.0 Å². The van der Waals surface area contributed by atoms with Crippen molar-refractivity contribution >= 4 is 22.7 Å². The van der Waals surface area contributed by atoms with Crippen molar-refractivity contribution in [1.82, 2.24) is 9.55 Å². The number of aliphatic hydroxyl groups excluding tert-OH is 1. The standard InChI is InChI=1S/C24H30N2O3S/c1-5-17(4)26-23(28)20-11-6-8-12-21(20)25-24(26)30-15-18(27)14-29-22-13-9-7-10-19(22)16(2)3/h6-13,16-18,27H,5,14-15H2,1-4H3/t17-,18-/m0/s1. The Labute approximate surface area is 182 Å². The maximum atomic E-state index is 13.0. The van der Waals surface area contributed by atoms with Crippen LogP contribution < -0.4 is 10.3 Å². The van der Waals surface area contributed by atoms with E-state index in [1.165, 1.54) is 11.8 Å². The summed E-state index contributed by atoms with van der Waals surface area (Å²) in [6.45, 7) is 8.50. The molecule has 3 aromatic rings. The van der Waals surface area contributed by atoms with Gasteiger partial charge in [-0.1, -0.05) is 62.9 Å². The lowest BCUT2D eigenvalue weighted by atomic mass is 10.0. The lowest BCUT2D eigenvalue weighted by Crippen LogP contribution is -2.27. The Kier molecular flexibility index (Phi) is 7.56. The summed E-state index contributed by atoms with van der Waals surface area (Å²) in [5, 5.41) is 11.8. The van der Waals surface area contributed by atoms with Gasteiger partial charge in [-0.15, -0.1) is 0 Å². The molecule has 0 spiro atoms. The summed E-state index contributed by atoms with van der Waals surface area (Å²) >= 11 is 1.40. The molecule has 0 saturated heterocycles. The number of para-hydroxylation sites is 2. The molecular formula is C24H30N2O3S. The number of benzene rings is 2. The van der Waals surface area contributed by atoms with Crippen molar-refractivity contribution in [1.29, 1.82) is 0 Å². The molecule has 0 unspecified atom stereocenters. The zero-order chi connectivity index (χ0) is 21.7. The molecule has 2 aromatic carbocycles. The summed E-state index contributed by atoms with van der Waals surface area (Å²) in [4.78, 5) is 17.7. The Morgan fingerprint density at radius 1 is 1.10 bits per heavy atom. The maximum Gasteiger partial charge on any atom is 0.262 e. The van der Waals surface area contributed by atoms with E-state index in [0.29, 0.717) is 27.7 Å². The van der Waals surface area contributed by atoms with E-state index in [2.05, 4.69) is 20.8 Å². The largest absolute Gasteiger partial charge is 0.491 e. The van der Waals surface area contributed by atoms with Crippen LogP contribution in [0.2, 0.25) is 0 Å². The number of hydrogen-bond acceptors (Lipinski definition) is 5. The highest BCUT2D eigenvalue weighted by molar-refractivity contribution is 7.99. The molecule has 0 saturated carbocycles. The van der Waals surface area contributed by atoms with E-state index in [0.717, 1.165) is 17.7 Å². The minimum absolute atomic E-state index is 0.0309. The molecule has 6 heteroatoms. The number of thioether (sulfide) groups is 1. The first kappa shape index (κ1) is 22.4. The second-order valence-corrected chi connectivity index (χ2v) is 8.80. The van der Waals surface area contributed by atoms with E-state index in [9.17, 15) is 9.90 Å². The monoisotopic (exact) mass is 426 g/mol. The number of aliphatic hydroxyl groups is 1. The van der Waals surface area contributed by atoms with Crippen molar-refractivity contribution in [3.05, 3.63) is 64.4 Å². The van der Waals surface area contributed by atoms with Crippen LogP contribution in [-0.4, -0.2) is 33.1 Å². The van der Waals surface area contributed by atoms with Crippen LogP contribution in [0.15, 0.2) is 58.5 Å². The SMILES string of the molecule is CC[C@H](C)n1c(SC[C@@H](O)COc2ccccc2C(C)C)nc2ccccc2c1=O. The number of hydrogen-bond donors (Lipinski definition) is 1. The number of fused-ring (bicyclic) bond motifs is 1. The van der Waals surface area contributed by atoms with Gasteiger partial charge in [-0.2, -0.15) is 0 Å². The zero-order valence-corrected chi connectivity index (χ0v) is 18.9. The predicted octanol–water partition coefficient (Wildman–Crippen LogP) is 5.02. The first-order valence-electron chi connectivity index (χ1n) is 10.5. The molecule has 2 atom stereocenters. The molecule has 1 heterocycles. The highest BCUT2D eigenvalue weighted by Crippen LogP contribution is 2.27. The number of ether oxygens (including phenoxy) is 1. The van der Waals surface area contributed by atoms with Gasteiger partial charge in [0.25, 0.3) is 5.56 Å². The average molecular weight is 427 g/mol. The molecule has 0 fully saturated rings. The van der Waals surface area contributed by atoms with Crippen LogP contribution in [0.5, 0.6) is 5.75 Å². The van der Waals surface area contributed by atoms with Crippen molar-refractivity contribution in [2.75, 3.05) is 12.4 Å². The quantitative estimate of drug-likeness (QED) is 0.384. The van der Waals surface area contributed by atoms with Crippen molar-refractivity contribution in [3.8, 4) is 5.75 Å². The highest BCUT2D eigenvalue weighted by atomic mass is 32.2. The third-order valence-corrected chi connectivity index (χ3v) is 6.28. The molecule has 1 N–H and O–H groups in total. The highest BCUT2D eigenvalue weighted by Gasteiger charge is 2.17. The molecule has 5 nitrogen and oxygen atoms in total. The van der Waals surface area contributed by atoms with Crippen LogP contribution in [0.3, 0.4) is 0 Å². The Balaban J connectivity index is 1.74. The Bertz CT molecular complexity index is 1050. The minimum atomic E-state index is -0.677. The molecule has 30 heavy (non-hydrogen) atoms. The van der Waals surface area contributed by atoms with Crippen LogP contribution in [0.25, 0.3) is 10.9 Å². The van der Waals surface area contributed by atoms with Crippen LogP contribution in [0.4, 0.5) is 0 Å². The summed E-state index contributed by atoms with van der Waals surface area (Å²) in [7, 11) is 0. The van der Waals surface area contributed by atoms with E-state index in [1.807, 2.05) is 55.5 Å². The lowest BCUT2D eigenvalue weighted by molar-refractivity contribution is 0.125. The fraction of sp³-hybridized carbons (Fsp3) is 0.417. The van der Waals surface area contributed by atoms with Gasteiger partial charge in [0.2, 0.25) is 0 Å². The van der Waals surface area contributed by atoms with E-state index < -0.39 is 6.10 Å². The fourth-order valence-corrected chi connectivity index (χ4v) is 4.29. The van der Waals surface area contributed by atoms with E-state index >= 15 is 0 Å². The van der Waals surface area contributed by atoms with Gasteiger partial charge in [0.15, 0.2) is 5.16 Å². The molecule has 0 aliphatic rings. The Morgan fingerprint density at radius 2 is 1.80 bits per heavy atom. The normalized spacial score (nSPS) is 13.5. The summed E-state index contributed by atoms with van der Waals surface area (Å²) in [5.74, 6) is 1.54. The van der Waals surface area contributed by atoms with Crippen LogP contribution >= 0.6 is 11.8 Å². The van der Waals surface area contributed by atoms with Crippen LogP contribution in [0, 0.1) is 0 Å². The lowest BCUT2D eigenvalue weighted by Gasteiger charge is -2.19. The van der Waals surface area contributed by atoms with E-state index in [1.54, 1.807) is 4.57 Å². The van der Waals surface area contributed by atoms with Crippen molar-refractivity contribution in [2.24, 2.45) is 0 Å². The third kappa shape index (κ3) is 5.05. The second kappa shape index (κ2) is 10.1. The minimum Gasteiger partial charge on any atom is -0.491 e. The van der Waals surface area contributed by atoms with Crippen LogP contribution in [-0.2, 0) is 0 Å².